The second-order valence-corrected chi connectivity index (χ2v) is 1.92. The first-order valence-corrected chi connectivity index (χ1v) is 2.46. The highest BCUT2D eigenvalue weighted by Crippen LogP contribution is 1.98. The summed E-state index contributed by atoms with van der Waals surface area (Å²) in [7, 11) is 0. The predicted octanol–water partition coefficient (Wildman–Crippen LogP) is -1.37. The zero-order valence-electron chi connectivity index (χ0n) is 4.09. The fourth-order valence-electron chi connectivity index (χ4n) is 0.741. The first-order valence-electron chi connectivity index (χ1n) is 2.46. The maximum atomic E-state index is 8.71. The summed E-state index contributed by atoms with van der Waals surface area (Å²) in [5, 5.41) is 11.5. The van der Waals surface area contributed by atoms with E-state index in [0.717, 1.165) is 6.54 Å². The van der Waals surface area contributed by atoms with Crippen molar-refractivity contribution in [2.24, 2.45) is 5.73 Å². The number of aliphatic hydroxyl groups is 1. The molecular weight excluding hydrogens is 92.1 g/mol. The van der Waals surface area contributed by atoms with Gasteiger partial charge in [0.1, 0.15) is 6.23 Å². The average molecular weight is 102 g/mol. The lowest BCUT2D eigenvalue weighted by molar-refractivity contribution is 0.159. The van der Waals surface area contributed by atoms with Gasteiger partial charge in [0.05, 0.1) is 0 Å². The Morgan fingerprint density at radius 1 is 1.71 bits per heavy atom. The first kappa shape index (κ1) is 5.03. The van der Waals surface area contributed by atoms with E-state index in [0.29, 0.717) is 6.42 Å². The van der Waals surface area contributed by atoms with Crippen LogP contribution in [0.5, 0.6) is 0 Å². The Morgan fingerprint density at radius 2 is 2.43 bits per heavy atom. The Bertz CT molecular complexity index is 58.7. The lowest BCUT2D eigenvalue weighted by Crippen LogP contribution is -2.23. The molecule has 0 spiro atoms. The third kappa shape index (κ3) is 1.12. The normalized spacial score (nSPS) is 42.0. The molecule has 42 valence electrons. The first-order chi connectivity index (χ1) is 3.29. The van der Waals surface area contributed by atoms with E-state index in [9.17, 15) is 0 Å². The van der Waals surface area contributed by atoms with Crippen LogP contribution in [0, 0.1) is 0 Å². The zero-order valence-corrected chi connectivity index (χ0v) is 4.09. The summed E-state index contributed by atoms with van der Waals surface area (Å²) in [6, 6.07) is 0.162. The van der Waals surface area contributed by atoms with Gasteiger partial charge in [-0.3, -0.25) is 5.32 Å². The summed E-state index contributed by atoms with van der Waals surface area (Å²) in [5.74, 6) is 0. The standard InChI is InChI=1S/C4H10N2O/c5-3-1-4(7)6-2-3/h3-4,6-7H,1-2,5H2. The zero-order chi connectivity index (χ0) is 5.28. The largest absolute Gasteiger partial charge is 0.379 e. The molecule has 2 unspecified atom stereocenters. The molecule has 3 nitrogen and oxygen atoms in total. The highest BCUT2D eigenvalue weighted by Gasteiger charge is 2.16. The molecule has 1 aliphatic heterocycles. The Labute approximate surface area is 42.5 Å². The summed E-state index contributed by atoms with van der Waals surface area (Å²) in [4.78, 5) is 0. The van der Waals surface area contributed by atoms with Crippen LogP contribution in [0.4, 0.5) is 0 Å². The van der Waals surface area contributed by atoms with Crippen molar-refractivity contribution in [1.82, 2.24) is 5.32 Å². The minimum absolute atomic E-state index is 0.162. The Hall–Kier alpha value is -0.120. The van der Waals surface area contributed by atoms with Crippen molar-refractivity contribution in [1.29, 1.82) is 0 Å². The van der Waals surface area contributed by atoms with E-state index in [4.69, 9.17) is 10.8 Å². The van der Waals surface area contributed by atoms with Crippen molar-refractivity contribution >= 4 is 0 Å². The molecule has 0 radical (unpaired) electrons. The molecule has 0 amide bonds. The summed E-state index contributed by atoms with van der Waals surface area (Å²) < 4.78 is 0. The maximum absolute atomic E-state index is 8.71. The number of nitrogens with two attached hydrogens (primary N) is 1. The number of hydrogen-bond donors (Lipinski definition) is 3. The lowest BCUT2D eigenvalue weighted by Gasteiger charge is -1.95. The van der Waals surface area contributed by atoms with Crippen LogP contribution < -0.4 is 11.1 Å². The average Bonchev–Trinajstić information content (AvgIpc) is 1.87. The number of hydrogen-bond acceptors (Lipinski definition) is 3. The van der Waals surface area contributed by atoms with Crippen LogP contribution in [0.1, 0.15) is 6.42 Å². The molecule has 0 aromatic carbocycles. The van der Waals surface area contributed by atoms with Gasteiger partial charge >= 0.3 is 0 Å². The third-order valence-corrected chi connectivity index (χ3v) is 1.14. The molecule has 4 N–H and O–H groups in total. The molecule has 1 rings (SSSR count). The number of rotatable bonds is 0. The molecule has 0 aromatic heterocycles. The molecule has 1 heterocycles. The van der Waals surface area contributed by atoms with Crippen LogP contribution in [0.2, 0.25) is 0 Å². The van der Waals surface area contributed by atoms with E-state index in [1.807, 2.05) is 0 Å². The monoisotopic (exact) mass is 102 g/mol. The Morgan fingerprint density at radius 3 is 2.57 bits per heavy atom. The highest BCUT2D eigenvalue weighted by molar-refractivity contribution is 4.76. The van der Waals surface area contributed by atoms with Crippen LogP contribution >= 0.6 is 0 Å². The van der Waals surface area contributed by atoms with E-state index in [1.54, 1.807) is 0 Å². The second kappa shape index (κ2) is 1.78. The van der Waals surface area contributed by atoms with Gasteiger partial charge < -0.3 is 10.8 Å². The molecule has 1 aliphatic rings. The lowest BCUT2D eigenvalue weighted by atomic mass is 10.3. The van der Waals surface area contributed by atoms with Crippen molar-refractivity contribution in [2.45, 2.75) is 18.7 Å². The van der Waals surface area contributed by atoms with Crippen LogP contribution in [0.15, 0.2) is 0 Å². The third-order valence-electron chi connectivity index (χ3n) is 1.14. The second-order valence-electron chi connectivity index (χ2n) is 1.92. The van der Waals surface area contributed by atoms with Gasteiger partial charge in [-0.2, -0.15) is 0 Å². The molecule has 0 aromatic rings. The quantitative estimate of drug-likeness (QED) is 0.353. The van der Waals surface area contributed by atoms with E-state index in [-0.39, 0.29) is 12.3 Å². The summed E-state index contributed by atoms with van der Waals surface area (Å²) in [6.07, 6.45) is 0.343. The highest BCUT2D eigenvalue weighted by atomic mass is 16.3. The van der Waals surface area contributed by atoms with Crippen LogP contribution in [0.3, 0.4) is 0 Å². The topological polar surface area (TPSA) is 58.3 Å². The van der Waals surface area contributed by atoms with Gasteiger partial charge in [-0.05, 0) is 0 Å². The van der Waals surface area contributed by atoms with Crippen molar-refractivity contribution in [3.63, 3.8) is 0 Å². The minimum Gasteiger partial charge on any atom is -0.379 e. The smallest absolute Gasteiger partial charge is 0.106 e. The van der Waals surface area contributed by atoms with Gasteiger partial charge in [0, 0.05) is 19.0 Å². The van der Waals surface area contributed by atoms with Crippen LogP contribution in [-0.2, 0) is 0 Å². The predicted molar refractivity (Wildman–Crippen MR) is 26.6 cm³/mol. The van der Waals surface area contributed by atoms with Crippen LogP contribution in [-0.4, -0.2) is 23.9 Å². The van der Waals surface area contributed by atoms with Gasteiger partial charge in [-0.25, -0.2) is 0 Å². The SMILES string of the molecule is NC1CNC(O)C1. The van der Waals surface area contributed by atoms with Gasteiger partial charge in [0.2, 0.25) is 0 Å². The fraction of sp³-hybridized carbons (Fsp3) is 1.00. The number of aliphatic hydroxyl groups excluding tert-OH is 1. The molecule has 1 saturated heterocycles. The van der Waals surface area contributed by atoms with Gasteiger partial charge in [-0.15, -0.1) is 0 Å². The summed E-state index contributed by atoms with van der Waals surface area (Å²) >= 11 is 0. The van der Waals surface area contributed by atoms with Crippen molar-refractivity contribution in [3.05, 3.63) is 0 Å². The van der Waals surface area contributed by atoms with Gasteiger partial charge in [-0.1, -0.05) is 0 Å². The maximum Gasteiger partial charge on any atom is 0.106 e. The number of nitrogens with one attached hydrogen (secondary N) is 1. The van der Waals surface area contributed by atoms with Gasteiger partial charge in [0.25, 0.3) is 0 Å². The summed E-state index contributed by atoms with van der Waals surface area (Å²) in [6.45, 7) is 0.751. The molecule has 2 atom stereocenters. The minimum atomic E-state index is -0.352. The van der Waals surface area contributed by atoms with E-state index in [2.05, 4.69) is 5.32 Å². The summed E-state index contributed by atoms with van der Waals surface area (Å²) in [5.41, 5.74) is 5.40. The molecule has 1 fully saturated rings. The van der Waals surface area contributed by atoms with Gasteiger partial charge in [0.15, 0.2) is 0 Å². The molecular formula is C4H10N2O. The van der Waals surface area contributed by atoms with E-state index >= 15 is 0 Å². The van der Waals surface area contributed by atoms with Crippen LogP contribution in [0.25, 0.3) is 0 Å². The van der Waals surface area contributed by atoms with E-state index in [1.165, 1.54) is 0 Å². The fourth-order valence-corrected chi connectivity index (χ4v) is 0.741. The van der Waals surface area contributed by atoms with Crippen molar-refractivity contribution in [2.75, 3.05) is 6.54 Å². The molecule has 0 aliphatic carbocycles. The Kier molecular flexibility index (Phi) is 1.27. The molecule has 0 saturated carbocycles. The molecule has 0 bridgehead atoms. The van der Waals surface area contributed by atoms with Crippen molar-refractivity contribution in [3.8, 4) is 0 Å². The molecule has 3 heteroatoms. The Balaban J connectivity index is 2.26. The van der Waals surface area contributed by atoms with E-state index < -0.39 is 0 Å². The molecule has 7 heavy (non-hydrogen) atoms. The van der Waals surface area contributed by atoms with Crippen molar-refractivity contribution < 1.29 is 5.11 Å².